The van der Waals surface area contributed by atoms with Gasteiger partial charge in [0.2, 0.25) is 0 Å². The van der Waals surface area contributed by atoms with Gasteiger partial charge in [0.1, 0.15) is 5.82 Å². The molecule has 0 aliphatic rings. The number of hydrogen-bond acceptors (Lipinski definition) is 4. The number of urea groups is 1. The molecule has 1 aromatic heterocycles. The fourth-order valence-corrected chi connectivity index (χ4v) is 1.12. The average Bonchev–Trinajstić information content (AvgIpc) is 2.26. The van der Waals surface area contributed by atoms with Crippen molar-refractivity contribution in [2.45, 2.75) is 26.2 Å². The van der Waals surface area contributed by atoms with E-state index in [1.807, 2.05) is 20.8 Å². The Balaban J connectivity index is 2.60. The smallest absolute Gasteiger partial charge is 0.319 e. The summed E-state index contributed by atoms with van der Waals surface area (Å²) in [6, 6.07) is -0.383. The van der Waals surface area contributed by atoms with Gasteiger partial charge in [0.15, 0.2) is 0 Å². The van der Waals surface area contributed by atoms with Crippen molar-refractivity contribution >= 4 is 11.7 Å². The Kier molecular flexibility index (Phi) is 4.39. The zero-order valence-electron chi connectivity index (χ0n) is 10.3. The van der Waals surface area contributed by atoms with Gasteiger partial charge in [-0.1, -0.05) is 20.8 Å². The summed E-state index contributed by atoms with van der Waals surface area (Å²) in [5, 5.41) is 13.6. The van der Waals surface area contributed by atoms with Crippen molar-refractivity contribution in [3.63, 3.8) is 0 Å². The van der Waals surface area contributed by atoms with Crippen LogP contribution in [0.25, 0.3) is 0 Å². The van der Waals surface area contributed by atoms with Gasteiger partial charge in [0, 0.05) is 12.0 Å². The number of carbonyl (C=O) groups excluding carboxylic acids is 1. The molecule has 0 saturated carbocycles. The second-order valence-corrected chi connectivity index (χ2v) is 4.65. The highest BCUT2D eigenvalue weighted by Gasteiger charge is 2.16. The number of aromatic nitrogens is 2. The van der Waals surface area contributed by atoms with Gasteiger partial charge in [-0.25, -0.2) is 14.8 Å². The molecule has 1 aromatic rings. The Bertz CT molecular complexity index is 370. The van der Waals surface area contributed by atoms with Crippen molar-refractivity contribution in [3.05, 3.63) is 18.2 Å². The standard InChI is InChI=1S/C11H18N4O2/c1-11(2,3)9-13-6-8(7-14-9)15-10(17)12-4-5-16/h6-7,16H,4-5H2,1-3H3,(H2,12,15,17). The molecule has 2 amide bonds. The van der Waals surface area contributed by atoms with Gasteiger partial charge < -0.3 is 15.7 Å². The molecule has 3 N–H and O–H groups in total. The Labute approximate surface area is 100 Å². The van der Waals surface area contributed by atoms with Crippen LogP contribution in [0.2, 0.25) is 0 Å². The monoisotopic (exact) mass is 238 g/mol. The summed E-state index contributed by atoms with van der Waals surface area (Å²) >= 11 is 0. The van der Waals surface area contributed by atoms with Gasteiger partial charge in [-0.05, 0) is 0 Å². The van der Waals surface area contributed by atoms with Crippen molar-refractivity contribution in [1.29, 1.82) is 0 Å². The van der Waals surface area contributed by atoms with Crippen molar-refractivity contribution < 1.29 is 9.90 Å². The first kappa shape index (κ1) is 13.4. The number of hydrogen-bond donors (Lipinski definition) is 3. The lowest BCUT2D eigenvalue weighted by Gasteiger charge is -2.16. The van der Waals surface area contributed by atoms with E-state index in [1.165, 1.54) is 0 Å². The molecule has 94 valence electrons. The predicted molar refractivity (Wildman–Crippen MR) is 64.8 cm³/mol. The minimum absolute atomic E-state index is 0.0904. The fourth-order valence-electron chi connectivity index (χ4n) is 1.12. The van der Waals surface area contributed by atoms with E-state index in [1.54, 1.807) is 12.4 Å². The molecule has 1 rings (SSSR count). The Morgan fingerprint density at radius 2 is 1.94 bits per heavy atom. The van der Waals surface area contributed by atoms with Crippen molar-refractivity contribution in [2.24, 2.45) is 0 Å². The molecule has 0 fully saturated rings. The molecular weight excluding hydrogens is 220 g/mol. The Morgan fingerprint density at radius 1 is 1.35 bits per heavy atom. The van der Waals surface area contributed by atoms with Crippen LogP contribution in [0.5, 0.6) is 0 Å². The van der Waals surface area contributed by atoms with Crippen LogP contribution in [0.3, 0.4) is 0 Å². The number of aliphatic hydroxyl groups is 1. The lowest BCUT2D eigenvalue weighted by atomic mass is 9.96. The number of anilines is 1. The Morgan fingerprint density at radius 3 is 2.41 bits per heavy atom. The number of nitrogens with one attached hydrogen (secondary N) is 2. The van der Waals surface area contributed by atoms with Crippen LogP contribution in [-0.4, -0.2) is 34.3 Å². The first-order valence-corrected chi connectivity index (χ1v) is 5.41. The number of aliphatic hydroxyl groups excluding tert-OH is 1. The molecule has 0 aliphatic heterocycles. The number of amides is 2. The van der Waals surface area contributed by atoms with E-state index in [0.29, 0.717) is 5.69 Å². The molecule has 0 saturated heterocycles. The zero-order valence-corrected chi connectivity index (χ0v) is 10.3. The lowest BCUT2D eigenvalue weighted by molar-refractivity contribution is 0.245. The molecular formula is C11H18N4O2. The van der Waals surface area contributed by atoms with Gasteiger partial charge in [0.05, 0.1) is 24.7 Å². The molecule has 0 bridgehead atoms. The van der Waals surface area contributed by atoms with Crippen LogP contribution in [-0.2, 0) is 5.41 Å². The molecule has 0 atom stereocenters. The quantitative estimate of drug-likeness (QED) is 0.729. The first-order valence-electron chi connectivity index (χ1n) is 5.41. The largest absolute Gasteiger partial charge is 0.395 e. The number of rotatable bonds is 3. The molecule has 17 heavy (non-hydrogen) atoms. The van der Waals surface area contributed by atoms with E-state index in [4.69, 9.17) is 5.11 Å². The molecule has 0 radical (unpaired) electrons. The predicted octanol–water partition coefficient (Wildman–Crippen LogP) is 0.888. The third kappa shape index (κ3) is 4.36. The van der Waals surface area contributed by atoms with E-state index in [9.17, 15) is 4.79 Å². The van der Waals surface area contributed by atoms with Crippen LogP contribution in [0, 0.1) is 0 Å². The van der Waals surface area contributed by atoms with Gasteiger partial charge >= 0.3 is 6.03 Å². The van der Waals surface area contributed by atoms with Crippen LogP contribution in [0.15, 0.2) is 12.4 Å². The maximum Gasteiger partial charge on any atom is 0.319 e. The van der Waals surface area contributed by atoms with Crippen molar-refractivity contribution in [2.75, 3.05) is 18.5 Å². The van der Waals surface area contributed by atoms with Crippen LogP contribution >= 0.6 is 0 Å². The van der Waals surface area contributed by atoms with Crippen molar-refractivity contribution in [1.82, 2.24) is 15.3 Å². The third-order valence-electron chi connectivity index (χ3n) is 1.98. The minimum atomic E-state index is -0.383. The van der Waals surface area contributed by atoms with E-state index in [0.717, 1.165) is 5.82 Å². The second kappa shape index (κ2) is 5.58. The average molecular weight is 238 g/mol. The number of carbonyl (C=O) groups is 1. The Hall–Kier alpha value is -1.69. The van der Waals surface area contributed by atoms with E-state index in [2.05, 4.69) is 20.6 Å². The summed E-state index contributed by atoms with van der Waals surface area (Å²) in [5.41, 5.74) is 0.408. The summed E-state index contributed by atoms with van der Waals surface area (Å²) in [5.74, 6) is 0.721. The molecule has 0 aromatic carbocycles. The van der Waals surface area contributed by atoms with Crippen molar-refractivity contribution in [3.8, 4) is 0 Å². The summed E-state index contributed by atoms with van der Waals surface area (Å²) in [7, 11) is 0. The lowest BCUT2D eigenvalue weighted by Crippen LogP contribution is -2.31. The van der Waals surface area contributed by atoms with E-state index >= 15 is 0 Å². The van der Waals surface area contributed by atoms with Gasteiger partial charge in [-0.3, -0.25) is 0 Å². The maximum absolute atomic E-state index is 11.3. The molecule has 0 spiro atoms. The molecule has 0 unspecified atom stereocenters. The SMILES string of the molecule is CC(C)(C)c1ncc(NC(=O)NCCO)cn1. The fraction of sp³-hybridized carbons (Fsp3) is 0.545. The summed E-state index contributed by atoms with van der Waals surface area (Å²) in [6.07, 6.45) is 3.12. The second-order valence-electron chi connectivity index (χ2n) is 4.65. The van der Waals surface area contributed by atoms with Gasteiger partial charge in [-0.15, -0.1) is 0 Å². The molecule has 6 heteroatoms. The molecule has 1 heterocycles. The van der Waals surface area contributed by atoms with Gasteiger partial charge in [0.25, 0.3) is 0 Å². The number of nitrogens with zero attached hydrogens (tertiary/aromatic N) is 2. The maximum atomic E-state index is 11.3. The zero-order chi connectivity index (χ0) is 12.9. The highest BCUT2D eigenvalue weighted by molar-refractivity contribution is 5.88. The summed E-state index contributed by atoms with van der Waals surface area (Å²) in [4.78, 5) is 19.6. The highest BCUT2D eigenvalue weighted by Crippen LogP contribution is 2.17. The minimum Gasteiger partial charge on any atom is -0.395 e. The summed E-state index contributed by atoms with van der Waals surface area (Å²) < 4.78 is 0. The van der Waals surface area contributed by atoms with Crippen LogP contribution in [0.4, 0.5) is 10.5 Å². The van der Waals surface area contributed by atoms with Gasteiger partial charge in [-0.2, -0.15) is 0 Å². The molecule has 6 nitrogen and oxygen atoms in total. The van der Waals surface area contributed by atoms with Crippen LogP contribution < -0.4 is 10.6 Å². The topological polar surface area (TPSA) is 87.1 Å². The highest BCUT2D eigenvalue weighted by atomic mass is 16.3. The molecule has 0 aliphatic carbocycles. The van der Waals surface area contributed by atoms with E-state index < -0.39 is 0 Å². The van der Waals surface area contributed by atoms with Crippen LogP contribution in [0.1, 0.15) is 26.6 Å². The normalized spacial score (nSPS) is 11.1. The third-order valence-corrected chi connectivity index (χ3v) is 1.98. The van der Waals surface area contributed by atoms with E-state index in [-0.39, 0.29) is 24.6 Å². The summed E-state index contributed by atoms with van der Waals surface area (Å²) in [6.45, 7) is 6.18. The first-order chi connectivity index (χ1) is 7.93.